The summed E-state index contributed by atoms with van der Waals surface area (Å²) < 4.78 is 52.3. The predicted octanol–water partition coefficient (Wildman–Crippen LogP) is 4.79. The molecule has 1 saturated carbocycles. The Kier molecular flexibility index (Phi) is 5.48. The quantitative estimate of drug-likeness (QED) is 0.636. The Labute approximate surface area is 158 Å². The molecule has 1 fully saturated rings. The summed E-state index contributed by atoms with van der Waals surface area (Å²) in [5, 5.41) is 0. The highest BCUT2D eigenvalue weighted by Gasteiger charge is 2.75. The van der Waals surface area contributed by atoms with Crippen LogP contribution in [-0.4, -0.2) is 30.3 Å². The largest absolute Gasteiger partial charge is 0.466 e. The molecule has 0 aromatic heterocycles. The third kappa shape index (κ3) is 3.89. The average molecular weight is 437 g/mol. The first-order chi connectivity index (χ1) is 11.8. The SMILES string of the molecule is CCOC(=O)C1CC1(c1cc(Br)ccc1C(=O)OC(C)(C)C)C(F)(F)F. The molecule has 0 radical (unpaired) electrons. The van der Waals surface area contributed by atoms with Crippen molar-refractivity contribution in [3.05, 3.63) is 33.8 Å². The van der Waals surface area contributed by atoms with E-state index in [4.69, 9.17) is 9.47 Å². The van der Waals surface area contributed by atoms with Crippen molar-refractivity contribution in [1.82, 2.24) is 0 Å². The Morgan fingerprint density at radius 1 is 1.27 bits per heavy atom. The average Bonchev–Trinajstić information content (AvgIpc) is 3.22. The molecule has 144 valence electrons. The molecule has 4 nitrogen and oxygen atoms in total. The lowest BCUT2D eigenvalue weighted by Gasteiger charge is -2.25. The number of carbonyl (C=O) groups excluding carboxylic acids is 2. The molecule has 1 aliphatic rings. The molecule has 1 aromatic carbocycles. The van der Waals surface area contributed by atoms with Gasteiger partial charge in [-0.3, -0.25) is 4.79 Å². The lowest BCUT2D eigenvalue weighted by molar-refractivity contribution is -0.172. The number of ether oxygens (including phenoxy) is 2. The van der Waals surface area contributed by atoms with Crippen molar-refractivity contribution in [2.24, 2.45) is 5.92 Å². The zero-order valence-electron chi connectivity index (χ0n) is 14.9. The molecule has 0 spiro atoms. The Morgan fingerprint density at radius 2 is 1.88 bits per heavy atom. The first-order valence-electron chi connectivity index (χ1n) is 8.10. The number of alkyl halides is 3. The van der Waals surface area contributed by atoms with Crippen LogP contribution in [0, 0.1) is 5.92 Å². The molecule has 8 heteroatoms. The van der Waals surface area contributed by atoms with Crippen molar-refractivity contribution in [3.8, 4) is 0 Å². The molecular weight excluding hydrogens is 417 g/mol. The highest BCUT2D eigenvalue weighted by molar-refractivity contribution is 9.10. The van der Waals surface area contributed by atoms with Crippen molar-refractivity contribution in [2.75, 3.05) is 6.61 Å². The van der Waals surface area contributed by atoms with Crippen molar-refractivity contribution in [1.29, 1.82) is 0 Å². The molecule has 0 aliphatic heterocycles. The van der Waals surface area contributed by atoms with Crippen LogP contribution in [0.1, 0.15) is 50.0 Å². The van der Waals surface area contributed by atoms with Crippen LogP contribution in [0.5, 0.6) is 0 Å². The summed E-state index contributed by atoms with van der Waals surface area (Å²) in [5.41, 5.74) is -3.79. The zero-order chi connectivity index (χ0) is 19.9. The van der Waals surface area contributed by atoms with Crippen LogP contribution in [0.4, 0.5) is 13.2 Å². The second-order valence-corrected chi connectivity index (χ2v) is 8.09. The molecule has 1 aliphatic carbocycles. The maximum absolute atomic E-state index is 14.0. The van der Waals surface area contributed by atoms with Crippen molar-refractivity contribution in [2.45, 2.75) is 51.3 Å². The molecule has 0 heterocycles. The van der Waals surface area contributed by atoms with Gasteiger partial charge in [-0.1, -0.05) is 15.9 Å². The van der Waals surface area contributed by atoms with E-state index >= 15 is 0 Å². The van der Waals surface area contributed by atoms with Gasteiger partial charge in [0.2, 0.25) is 0 Å². The molecule has 0 N–H and O–H groups in total. The predicted molar refractivity (Wildman–Crippen MR) is 91.8 cm³/mol. The van der Waals surface area contributed by atoms with E-state index in [1.54, 1.807) is 20.8 Å². The highest BCUT2D eigenvalue weighted by atomic mass is 79.9. The maximum Gasteiger partial charge on any atom is 0.399 e. The van der Waals surface area contributed by atoms with Gasteiger partial charge in [-0.25, -0.2) is 4.79 Å². The van der Waals surface area contributed by atoms with Gasteiger partial charge >= 0.3 is 18.1 Å². The summed E-state index contributed by atoms with van der Waals surface area (Å²) in [6.07, 6.45) is -5.18. The summed E-state index contributed by atoms with van der Waals surface area (Å²) in [5.74, 6) is -3.16. The Morgan fingerprint density at radius 3 is 2.38 bits per heavy atom. The molecular formula is C18H20BrF3O4. The van der Waals surface area contributed by atoms with E-state index in [1.807, 2.05) is 0 Å². The van der Waals surface area contributed by atoms with Crippen LogP contribution in [-0.2, 0) is 19.7 Å². The Hall–Kier alpha value is -1.57. The molecule has 0 amide bonds. The molecule has 0 saturated heterocycles. The van der Waals surface area contributed by atoms with Gasteiger partial charge < -0.3 is 9.47 Å². The summed E-state index contributed by atoms with van der Waals surface area (Å²) >= 11 is 3.15. The molecule has 2 rings (SSSR count). The van der Waals surface area contributed by atoms with Gasteiger partial charge in [0, 0.05) is 4.47 Å². The first-order valence-corrected chi connectivity index (χ1v) is 8.89. The van der Waals surface area contributed by atoms with Gasteiger partial charge in [0.1, 0.15) is 11.0 Å². The van der Waals surface area contributed by atoms with E-state index in [9.17, 15) is 22.8 Å². The van der Waals surface area contributed by atoms with E-state index in [1.165, 1.54) is 25.1 Å². The monoisotopic (exact) mass is 436 g/mol. The van der Waals surface area contributed by atoms with Gasteiger partial charge in [0.15, 0.2) is 0 Å². The fourth-order valence-electron chi connectivity index (χ4n) is 2.95. The third-order valence-corrected chi connectivity index (χ3v) is 4.61. The zero-order valence-corrected chi connectivity index (χ0v) is 16.5. The van der Waals surface area contributed by atoms with Gasteiger partial charge in [0.25, 0.3) is 0 Å². The van der Waals surface area contributed by atoms with E-state index < -0.39 is 41.5 Å². The molecule has 0 bridgehead atoms. The Bertz CT molecular complexity index is 724. The number of hydrogen-bond acceptors (Lipinski definition) is 4. The number of rotatable bonds is 4. The number of halogens is 4. The minimum atomic E-state index is -4.72. The summed E-state index contributed by atoms with van der Waals surface area (Å²) in [4.78, 5) is 24.5. The standard InChI is InChI=1S/C18H20BrF3O4/c1-5-25-15(24)13-9-17(13,18(20,21)22)12-8-10(19)6-7-11(12)14(23)26-16(2,3)4/h6-8,13H,5,9H2,1-4H3. The summed E-state index contributed by atoms with van der Waals surface area (Å²) in [6.45, 7) is 6.39. The first kappa shape index (κ1) is 20.7. The normalized spacial score (nSPS) is 22.7. The van der Waals surface area contributed by atoms with Gasteiger partial charge in [-0.05, 0) is 57.9 Å². The van der Waals surface area contributed by atoms with Crippen LogP contribution in [0.3, 0.4) is 0 Å². The minimum absolute atomic E-state index is 0.0132. The van der Waals surface area contributed by atoms with Gasteiger partial charge in [-0.15, -0.1) is 0 Å². The van der Waals surface area contributed by atoms with Gasteiger partial charge in [0.05, 0.1) is 18.1 Å². The second-order valence-electron chi connectivity index (χ2n) is 7.17. The van der Waals surface area contributed by atoms with E-state index in [-0.39, 0.29) is 17.7 Å². The van der Waals surface area contributed by atoms with E-state index in [0.29, 0.717) is 4.47 Å². The summed E-state index contributed by atoms with van der Waals surface area (Å²) in [6, 6.07) is 3.97. The number of hydrogen-bond donors (Lipinski definition) is 0. The van der Waals surface area contributed by atoms with Crippen LogP contribution in [0.25, 0.3) is 0 Å². The topological polar surface area (TPSA) is 52.6 Å². The second kappa shape index (κ2) is 6.87. The molecule has 26 heavy (non-hydrogen) atoms. The molecule has 1 aromatic rings. The maximum atomic E-state index is 14.0. The Balaban J connectivity index is 2.55. The van der Waals surface area contributed by atoms with Crippen molar-refractivity contribution in [3.63, 3.8) is 0 Å². The van der Waals surface area contributed by atoms with E-state index in [0.717, 1.165) is 0 Å². The van der Waals surface area contributed by atoms with Crippen LogP contribution in [0.2, 0.25) is 0 Å². The number of benzene rings is 1. The lowest BCUT2D eigenvalue weighted by Crippen LogP contribution is -2.35. The van der Waals surface area contributed by atoms with Crippen LogP contribution < -0.4 is 0 Å². The minimum Gasteiger partial charge on any atom is -0.466 e. The van der Waals surface area contributed by atoms with Gasteiger partial charge in [-0.2, -0.15) is 13.2 Å². The molecule has 2 unspecified atom stereocenters. The lowest BCUT2D eigenvalue weighted by atomic mass is 9.88. The van der Waals surface area contributed by atoms with Crippen molar-refractivity contribution < 1.29 is 32.2 Å². The van der Waals surface area contributed by atoms with E-state index in [2.05, 4.69) is 15.9 Å². The van der Waals surface area contributed by atoms with Crippen LogP contribution >= 0.6 is 15.9 Å². The number of carbonyl (C=O) groups is 2. The molecule has 2 atom stereocenters. The fourth-order valence-corrected chi connectivity index (χ4v) is 3.31. The van der Waals surface area contributed by atoms with Crippen LogP contribution in [0.15, 0.2) is 22.7 Å². The smallest absolute Gasteiger partial charge is 0.399 e. The highest BCUT2D eigenvalue weighted by Crippen LogP contribution is 2.64. The number of esters is 2. The van der Waals surface area contributed by atoms with Crippen molar-refractivity contribution >= 4 is 27.9 Å². The fraction of sp³-hybridized carbons (Fsp3) is 0.556. The third-order valence-electron chi connectivity index (χ3n) is 4.12. The summed E-state index contributed by atoms with van der Waals surface area (Å²) in [7, 11) is 0.